The van der Waals surface area contributed by atoms with Crippen LogP contribution < -0.4 is 5.32 Å². The van der Waals surface area contributed by atoms with Gasteiger partial charge in [0.1, 0.15) is 5.75 Å². The second kappa shape index (κ2) is 5.87. The first-order valence-electron chi connectivity index (χ1n) is 5.99. The number of hydrogen-bond donors (Lipinski definition) is 2. The summed E-state index contributed by atoms with van der Waals surface area (Å²) in [7, 11) is 0. The summed E-state index contributed by atoms with van der Waals surface area (Å²) in [5.41, 5.74) is 1.90. The fraction of sp³-hybridized carbons (Fsp3) is 0.0625. The third-order valence-electron chi connectivity index (χ3n) is 2.64. The maximum atomic E-state index is 12.0. The van der Waals surface area contributed by atoms with Crippen LogP contribution in [-0.2, 0) is 0 Å². The molecule has 96 valence electrons. The molecule has 0 amide bonds. The number of allylic oxidation sites excluding steroid dienone is 2. The number of ketones is 1. The summed E-state index contributed by atoms with van der Waals surface area (Å²) in [5, 5.41) is 12.6. The maximum Gasteiger partial charge on any atom is 0.187 e. The van der Waals surface area contributed by atoms with Crippen molar-refractivity contribution in [3.05, 3.63) is 71.9 Å². The van der Waals surface area contributed by atoms with Crippen LogP contribution in [0.1, 0.15) is 17.3 Å². The van der Waals surface area contributed by atoms with Gasteiger partial charge in [-0.2, -0.15) is 0 Å². The van der Waals surface area contributed by atoms with Crippen LogP contribution in [0.3, 0.4) is 0 Å². The Morgan fingerprint density at radius 3 is 2.37 bits per heavy atom. The molecule has 0 spiro atoms. The van der Waals surface area contributed by atoms with Gasteiger partial charge in [0.15, 0.2) is 5.78 Å². The van der Waals surface area contributed by atoms with Crippen molar-refractivity contribution < 1.29 is 9.90 Å². The van der Waals surface area contributed by atoms with Gasteiger partial charge in [0.25, 0.3) is 0 Å². The molecule has 2 aromatic rings. The molecule has 0 aromatic heterocycles. The summed E-state index contributed by atoms with van der Waals surface area (Å²) in [4.78, 5) is 12.0. The Bertz CT molecular complexity index is 603. The van der Waals surface area contributed by atoms with Crippen LogP contribution in [0.4, 0.5) is 5.69 Å². The van der Waals surface area contributed by atoms with E-state index in [1.54, 1.807) is 37.3 Å². The molecule has 0 aliphatic heterocycles. The third-order valence-corrected chi connectivity index (χ3v) is 2.64. The van der Waals surface area contributed by atoms with E-state index in [2.05, 4.69) is 5.32 Å². The number of para-hydroxylation sites is 2. The molecule has 19 heavy (non-hydrogen) atoms. The van der Waals surface area contributed by atoms with E-state index in [1.807, 2.05) is 24.3 Å². The molecule has 0 unspecified atom stereocenters. The van der Waals surface area contributed by atoms with E-state index in [9.17, 15) is 9.90 Å². The van der Waals surface area contributed by atoms with Gasteiger partial charge in [0.2, 0.25) is 0 Å². The SMILES string of the molecule is C/C(=C\C(=O)c1ccccc1)Nc1ccccc1O. The minimum atomic E-state index is -0.0685. The Morgan fingerprint density at radius 2 is 1.68 bits per heavy atom. The lowest BCUT2D eigenvalue weighted by atomic mass is 10.1. The molecule has 2 rings (SSSR count). The van der Waals surface area contributed by atoms with Crippen LogP contribution in [0.15, 0.2) is 66.4 Å². The van der Waals surface area contributed by atoms with E-state index < -0.39 is 0 Å². The highest BCUT2D eigenvalue weighted by molar-refractivity contribution is 6.05. The average molecular weight is 253 g/mol. The molecule has 0 saturated heterocycles. The second-order valence-corrected chi connectivity index (χ2v) is 4.20. The quantitative estimate of drug-likeness (QED) is 0.497. The maximum absolute atomic E-state index is 12.0. The largest absolute Gasteiger partial charge is 0.506 e. The molecular formula is C16H15NO2. The summed E-state index contributed by atoms with van der Waals surface area (Å²) in [5.74, 6) is 0.0865. The number of anilines is 1. The van der Waals surface area contributed by atoms with Gasteiger partial charge in [-0.05, 0) is 19.1 Å². The number of phenolic OH excluding ortho intramolecular Hbond substituents is 1. The van der Waals surface area contributed by atoms with Gasteiger partial charge in [0.05, 0.1) is 5.69 Å². The van der Waals surface area contributed by atoms with E-state index in [4.69, 9.17) is 0 Å². The molecule has 0 saturated carbocycles. The number of aromatic hydroxyl groups is 1. The number of nitrogens with one attached hydrogen (secondary N) is 1. The Hall–Kier alpha value is -2.55. The first-order valence-corrected chi connectivity index (χ1v) is 5.99. The van der Waals surface area contributed by atoms with Gasteiger partial charge in [0, 0.05) is 17.3 Å². The molecule has 0 radical (unpaired) electrons. The van der Waals surface area contributed by atoms with Gasteiger partial charge in [-0.1, -0.05) is 42.5 Å². The average Bonchev–Trinajstić information content (AvgIpc) is 2.42. The third kappa shape index (κ3) is 3.45. The van der Waals surface area contributed by atoms with Crippen molar-refractivity contribution in [2.75, 3.05) is 5.32 Å². The highest BCUT2D eigenvalue weighted by Gasteiger charge is 2.03. The summed E-state index contributed by atoms with van der Waals surface area (Å²) in [6.07, 6.45) is 1.52. The van der Waals surface area contributed by atoms with Crippen LogP contribution in [0.5, 0.6) is 5.75 Å². The Labute approximate surface area is 112 Å². The standard InChI is InChI=1S/C16H15NO2/c1-12(17-14-9-5-6-10-15(14)18)11-16(19)13-7-3-2-4-8-13/h2-11,17-18H,1H3/b12-11+. The Kier molecular flexibility index (Phi) is 3.98. The lowest BCUT2D eigenvalue weighted by Gasteiger charge is -2.08. The second-order valence-electron chi connectivity index (χ2n) is 4.20. The highest BCUT2D eigenvalue weighted by atomic mass is 16.3. The number of carbonyl (C=O) groups is 1. The molecule has 0 aliphatic carbocycles. The van der Waals surface area contributed by atoms with Crippen molar-refractivity contribution in [3.8, 4) is 5.75 Å². The summed E-state index contributed by atoms with van der Waals surface area (Å²) >= 11 is 0. The van der Waals surface area contributed by atoms with E-state index in [0.717, 1.165) is 0 Å². The molecule has 0 heterocycles. The van der Waals surface area contributed by atoms with E-state index in [1.165, 1.54) is 6.08 Å². The molecule has 3 nitrogen and oxygen atoms in total. The fourth-order valence-corrected chi connectivity index (χ4v) is 1.71. The molecule has 0 fully saturated rings. The molecule has 0 aliphatic rings. The Morgan fingerprint density at radius 1 is 1.05 bits per heavy atom. The zero-order valence-electron chi connectivity index (χ0n) is 10.6. The molecule has 0 bridgehead atoms. The molecule has 2 aromatic carbocycles. The zero-order chi connectivity index (χ0) is 13.7. The van der Waals surface area contributed by atoms with E-state index in [0.29, 0.717) is 16.9 Å². The molecule has 3 heteroatoms. The number of benzene rings is 2. The first-order chi connectivity index (χ1) is 9.16. The topological polar surface area (TPSA) is 49.3 Å². The molecule has 0 atom stereocenters. The summed E-state index contributed by atoms with van der Waals surface area (Å²) < 4.78 is 0. The first kappa shape index (κ1) is 12.9. The lowest BCUT2D eigenvalue weighted by molar-refractivity contribution is 0.104. The predicted molar refractivity (Wildman–Crippen MR) is 76.3 cm³/mol. The summed E-state index contributed by atoms with van der Waals surface area (Å²) in [6.45, 7) is 1.78. The van der Waals surface area contributed by atoms with Crippen molar-refractivity contribution >= 4 is 11.5 Å². The van der Waals surface area contributed by atoms with Gasteiger partial charge >= 0.3 is 0 Å². The number of phenols is 1. The van der Waals surface area contributed by atoms with Crippen LogP contribution in [0.2, 0.25) is 0 Å². The summed E-state index contributed by atoms with van der Waals surface area (Å²) in [6, 6.07) is 16.0. The van der Waals surface area contributed by atoms with Crippen LogP contribution in [0, 0.1) is 0 Å². The van der Waals surface area contributed by atoms with Crippen molar-refractivity contribution in [3.63, 3.8) is 0 Å². The fourth-order valence-electron chi connectivity index (χ4n) is 1.71. The predicted octanol–water partition coefficient (Wildman–Crippen LogP) is 3.59. The minimum absolute atomic E-state index is 0.0685. The number of rotatable bonds is 4. The van der Waals surface area contributed by atoms with Gasteiger partial charge in [-0.3, -0.25) is 4.79 Å². The monoisotopic (exact) mass is 253 g/mol. The van der Waals surface area contributed by atoms with Crippen molar-refractivity contribution in [2.45, 2.75) is 6.92 Å². The minimum Gasteiger partial charge on any atom is -0.506 e. The van der Waals surface area contributed by atoms with Crippen molar-refractivity contribution in [1.29, 1.82) is 0 Å². The van der Waals surface area contributed by atoms with E-state index in [-0.39, 0.29) is 11.5 Å². The normalized spacial score (nSPS) is 11.1. The smallest absolute Gasteiger partial charge is 0.187 e. The number of hydrogen-bond acceptors (Lipinski definition) is 3. The zero-order valence-corrected chi connectivity index (χ0v) is 10.6. The highest BCUT2D eigenvalue weighted by Crippen LogP contribution is 2.23. The van der Waals surface area contributed by atoms with Crippen LogP contribution in [-0.4, -0.2) is 10.9 Å². The molecular weight excluding hydrogens is 238 g/mol. The molecule has 2 N–H and O–H groups in total. The Balaban J connectivity index is 2.12. The van der Waals surface area contributed by atoms with Gasteiger partial charge in [-0.15, -0.1) is 0 Å². The van der Waals surface area contributed by atoms with E-state index >= 15 is 0 Å². The van der Waals surface area contributed by atoms with Crippen molar-refractivity contribution in [2.24, 2.45) is 0 Å². The van der Waals surface area contributed by atoms with Gasteiger partial charge in [-0.25, -0.2) is 0 Å². The lowest BCUT2D eigenvalue weighted by Crippen LogP contribution is -2.01. The van der Waals surface area contributed by atoms with Gasteiger partial charge < -0.3 is 10.4 Å². The number of carbonyl (C=O) groups excluding carboxylic acids is 1. The van der Waals surface area contributed by atoms with Crippen LogP contribution >= 0.6 is 0 Å². The van der Waals surface area contributed by atoms with Crippen molar-refractivity contribution in [1.82, 2.24) is 0 Å². The van der Waals surface area contributed by atoms with Crippen LogP contribution in [0.25, 0.3) is 0 Å².